The summed E-state index contributed by atoms with van der Waals surface area (Å²) in [6.07, 6.45) is 4.40. The van der Waals surface area contributed by atoms with E-state index in [-0.39, 0.29) is 11.4 Å². The average Bonchev–Trinajstić information content (AvgIpc) is 2.34. The molecule has 1 aliphatic rings. The molecule has 0 amide bonds. The Hall–Kier alpha value is -1.78. The molecule has 0 aromatic heterocycles. The summed E-state index contributed by atoms with van der Waals surface area (Å²) in [6, 6.07) is 0. The number of amidine groups is 1. The number of aliphatic imine (C=N–C) groups is 1. The van der Waals surface area contributed by atoms with Crippen molar-refractivity contribution < 1.29 is 14.5 Å². The first-order valence-electron chi connectivity index (χ1n) is 5.46. The fraction of sp³-hybridized carbons (Fsp3) is 0.545. The fourth-order valence-electron chi connectivity index (χ4n) is 1.44. The fourth-order valence-corrected chi connectivity index (χ4v) is 1.44. The number of carbonyl (C=O) groups excluding carboxylic acids is 1. The lowest BCUT2D eigenvalue weighted by molar-refractivity contribution is -0.358. The third kappa shape index (κ3) is 3.62. The molecule has 1 aliphatic heterocycles. The monoisotopic (exact) mass is 238 g/mol. The third-order valence-corrected chi connectivity index (χ3v) is 2.32. The van der Waals surface area contributed by atoms with Gasteiger partial charge in [-0.1, -0.05) is 19.8 Å². The van der Waals surface area contributed by atoms with Gasteiger partial charge < -0.3 is 14.9 Å². The molecular weight excluding hydrogens is 224 g/mol. The van der Waals surface area contributed by atoms with Gasteiger partial charge >= 0.3 is 5.84 Å². The van der Waals surface area contributed by atoms with Crippen LogP contribution in [0.25, 0.3) is 0 Å². The van der Waals surface area contributed by atoms with E-state index in [0.29, 0.717) is 6.61 Å². The second-order valence-corrected chi connectivity index (χ2v) is 3.58. The molecule has 0 aromatic carbocycles. The van der Waals surface area contributed by atoms with Crippen LogP contribution in [0.2, 0.25) is 0 Å². The normalized spacial score (nSPS) is 18.8. The number of hydrogen-bond donors (Lipinski definition) is 0. The van der Waals surface area contributed by atoms with Crippen molar-refractivity contribution in [2.45, 2.75) is 32.3 Å². The third-order valence-electron chi connectivity index (χ3n) is 2.32. The van der Waals surface area contributed by atoms with E-state index in [1.165, 1.54) is 12.3 Å². The summed E-state index contributed by atoms with van der Waals surface area (Å²) < 4.78 is 5.34. The van der Waals surface area contributed by atoms with Gasteiger partial charge in [-0.05, 0) is 22.4 Å². The molecule has 1 rings (SSSR count). The maximum absolute atomic E-state index is 10.7. The van der Waals surface area contributed by atoms with Crippen LogP contribution in [-0.4, -0.2) is 29.4 Å². The Morgan fingerprint density at radius 1 is 1.59 bits per heavy atom. The summed E-state index contributed by atoms with van der Waals surface area (Å²) in [5, 5.41) is 10.7. The predicted octanol–water partition coefficient (Wildman–Crippen LogP) is 1.52. The first-order chi connectivity index (χ1) is 8.20. The molecule has 1 heterocycles. The zero-order chi connectivity index (χ0) is 12.7. The standard InChI is InChI=1S/C11H14N2O4/c1-2-3-4-7-17-10-9(8-14)5-6-12-11(10)13(15)16/h5-6,10H,2-4,7H2,1H3. The summed E-state index contributed by atoms with van der Waals surface area (Å²) in [5.41, 5.74) is 0.114. The van der Waals surface area contributed by atoms with E-state index in [0.717, 1.165) is 19.3 Å². The van der Waals surface area contributed by atoms with E-state index in [1.54, 1.807) is 5.94 Å². The number of rotatable bonds is 5. The van der Waals surface area contributed by atoms with Crippen molar-refractivity contribution in [2.24, 2.45) is 4.99 Å². The highest BCUT2D eigenvalue weighted by atomic mass is 16.6. The minimum Gasteiger partial charge on any atom is -0.360 e. The van der Waals surface area contributed by atoms with Crippen molar-refractivity contribution in [3.63, 3.8) is 0 Å². The summed E-state index contributed by atoms with van der Waals surface area (Å²) in [4.78, 5) is 24.4. The lowest BCUT2D eigenvalue weighted by Crippen LogP contribution is -2.34. The molecule has 0 saturated heterocycles. The molecule has 6 heteroatoms. The first-order valence-corrected chi connectivity index (χ1v) is 5.46. The Morgan fingerprint density at radius 2 is 2.35 bits per heavy atom. The molecule has 0 radical (unpaired) electrons. The Balaban J connectivity index is 2.69. The Kier molecular flexibility index (Phi) is 5.26. The van der Waals surface area contributed by atoms with Crippen molar-refractivity contribution in [1.29, 1.82) is 0 Å². The quantitative estimate of drug-likeness (QED) is 0.314. The van der Waals surface area contributed by atoms with Gasteiger partial charge in [0.05, 0.1) is 5.57 Å². The number of hydrogen-bond acceptors (Lipinski definition) is 5. The minimum absolute atomic E-state index is 0.114. The number of ether oxygens (including phenoxy) is 1. The Bertz CT molecular complexity index is 394. The molecule has 17 heavy (non-hydrogen) atoms. The zero-order valence-electron chi connectivity index (χ0n) is 9.59. The van der Waals surface area contributed by atoms with Crippen molar-refractivity contribution in [2.75, 3.05) is 6.61 Å². The molecular formula is C11H14N2O4. The van der Waals surface area contributed by atoms with Gasteiger partial charge in [0.25, 0.3) is 0 Å². The summed E-state index contributed by atoms with van der Waals surface area (Å²) >= 11 is 0. The van der Waals surface area contributed by atoms with Crippen LogP contribution >= 0.6 is 0 Å². The second-order valence-electron chi connectivity index (χ2n) is 3.58. The van der Waals surface area contributed by atoms with Gasteiger partial charge in [0.15, 0.2) is 0 Å². The molecule has 6 nitrogen and oxygen atoms in total. The van der Waals surface area contributed by atoms with E-state index in [4.69, 9.17) is 4.74 Å². The van der Waals surface area contributed by atoms with Crippen LogP contribution < -0.4 is 0 Å². The van der Waals surface area contributed by atoms with Crippen LogP contribution in [0, 0.1) is 10.1 Å². The molecule has 1 unspecified atom stereocenters. The summed E-state index contributed by atoms with van der Waals surface area (Å²) in [7, 11) is 0. The van der Waals surface area contributed by atoms with Gasteiger partial charge in [0, 0.05) is 6.61 Å². The van der Waals surface area contributed by atoms with Crippen molar-refractivity contribution in [1.82, 2.24) is 0 Å². The van der Waals surface area contributed by atoms with Crippen LogP contribution in [0.1, 0.15) is 26.2 Å². The van der Waals surface area contributed by atoms with Gasteiger partial charge in [-0.2, -0.15) is 0 Å². The topological polar surface area (TPSA) is 81.8 Å². The highest BCUT2D eigenvalue weighted by Crippen LogP contribution is 2.14. The number of unbranched alkanes of at least 4 members (excludes halogenated alkanes) is 2. The van der Waals surface area contributed by atoms with Gasteiger partial charge in [0.2, 0.25) is 6.10 Å². The van der Waals surface area contributed by atoms with E-state index < -0.39 is 11.0 Å². The van der Waals surface area contributed by atoms with Gasteiger partial charge in [-0.15, -0.1) is 0 Å². The van der Waals surface area contributed by atoms with Crippen LogP contribution in [0.4, 0.5) is 0 Å². The maximum atomic E-state index is 10.7. The molecule has 0 aliphatic carbocycles. The van der Waals surface area contributed by atoms with Crippen LogP contribution in [0.15, 0.2) is 22.8 Å². The zero-order valence-corrected chi connectivity index (χ0v) is 9.59. The first kappa shape index (κ1) is 13.3. The van der Waals surface area contributed by atoms with Gasteiger partial charge in [-0.25, -0.2) is 4.79 Å². The molecule has 0 saturated carbocycles. The number of nitrogens with zero attached hydrogens (tertiary/aromatic N) is 2. The molecule has 0 spiro atoms. The van der Waals surface area contributed by atoms with Crippen LogP contribution in [0.3, 0.4) is 0 Å². The maximum Gasteiger partial charge on any atom is 0.373 e. The van der Waals surface area contributed by atoms with Crippen LogP contribution in [0.5, 0.6) is 0 Å². The largest absolute Gasteiger partial charge is 0.373 e. The molecule has 0 bridgehead atoms. The SMILES string of the molecule is CCCCCOC1C(=C=O)C=CN=C1[N+](=O)[O-]. The minimum atomic E-state index is -0.996. The van der Waals surface area contributed by atoms with E-state index in [1.807, 2.05) is 6.92 Å². The highest BCUT2D eigenvalue weighted by molar-refractivity contribution is 5.88. The van der Waals surface area contributed by atoms with E-state index >= 15 is 0 Å². The van der Waals surface area contributed by atoms with Crippen molar-refractivity contribution in [3.8, 4) is 0 Å². The molecule has 0 fully saturated rings. The van der Waals surface area contributed by atoms with Gasteiger partial charge in [-0.3, -0.25) is 0 Å². The van der Waals surface area contributed by atoms with Crippen LogP contribution in [-0.2, 0) is 9.53 Å². The smallest absolute Gasteiger partial charge is 0.360 e. The van der Waals surface area contributed by atoms with E-state index in [2.05, 4.69) is 4.99 Å². The lowest BCUT2D eigenvalue weighted by Gasteiger charge is -2.15. The average molecular weight is 238 g/mol. The van der Waals surface area contributed by atoms with Crippen molar-refractivity contribution in [3.05, 3.63) is 28.0 Å². The second kappa shape index (κ2) is 6.73. The molecule has 1 atom stereocenters. The molecule has 0 aromatic rings. The predicted molar refractivity (Wildman–Crippen MR) is 62.0 cm³/mol. The highest BCUT2D eigenvalue weighted by Gasteiger charge is 2.33. The van der Waals surface area contributed by atoms with Gasteiger partial charge in [0.1, 0.15) is 12.1 Å². The molecule has 0 N–H and O–H groups in total. The summed E-state index contributed by atoms with van der Waals surface area (Å²) in [6.45, 7) is 2.41. The van der Waals surface area contributed by atoms with E-state index in [9.17, 15) is 14.9 Å². The Labute approximate surface area is 98.8 Å². The molecule has 92 valence electrons. The Morgan fingerprint density at radius 3 is 2.94 bits per heavy atom. The van der Waals surface area contributed by atoms with Crippen molar-refractivity contribution >= 4 is 11.8 Å². The number of nitro groups is 1. The lowest BCUT2D eigenvalue weighted by atomic mass is 10.1. The summed E-state index contributed by atoms with van der Waals surface area (Å²) in [5.74, 6) is 1.29.